The SMILES string of the molecule is C#CCOc1cc(N=c2snc3n2CCC3)c(F)cc1Cl. The van der Waals surface area contributed by atoms with E-state index in [0.717, 1.165) is 25.2 Å². The van der Waals surface area contributed by atoms with Crippen molar-refractivity contribution in [2.24, 2.45) is 4.99 Å². The van der Waals surface area contributed by atoms with Crippen molar-refractivity contribution in [2.75, 3.05) is 6.61 Å². The second-order valence-electron chi connectivity index (χ2n) is 4.48. The van der Waals surface area contributed by atoms with Crippen molar-refractivity contribution >= 4 is 28.8 Å². The van der Waals surface area contributed by atoms with Gasteiger partial charge in [-0.2, -0.15) is 4.37 Å². The minimum Gasteiger partial charge on any atom is -0.479 e. The van der Waals surface area contributed by atoms with Crippen LogP contribution < -0.4 is 9.54 Å². The van der Waals surface area contributed by atoms with Crippen LogP contribution in [-0.4, -0.2) is 15.5 Å². The summed E-state index contributed by atoms with van der Waals surface area (Å²) in [6.45, 7) is 0.926. The highest BCUT2D eigenvalue weighted by Crippen LogP contribution is 2.31. The van der Waals surface area contributed by atoms with Gasteiger partial charge in [-0.15, -0.1) is 6.42 Å². The zero-order chi connectivity index (χ0) is 14.8. The Morgan fingerprint density at radius 2 is 2.43 bits per heavy atom. The lowest BCUT2D eigenvalue weighted by atomic mass is 10.3. The normalized spacial score (nSPS) is 14.0. The number of ether oxygens (including phenoxy) is 1. The van der Waals surface area contributed by atoms with Gasteiger partial charge in [-0.25, -0.2) is 9.38 Å². The summed E-state index contributed by atoms with van der Waals surface area (Å²) in [4.78, 5) is 5.01. The van der Waals surface area contributed by atoms with E-state index in [0.29, 0.717) is 10.6 Å². The fourth-order valence-corrected chi connectivity index (χ4v) is 3.14. The standard InChI is InChI=1S/C14H11ClFN3OS/c1-2-6-20-12-8-11(10(16)7-9(12)15)17-14-19-5-3-4-13(19)18-21-14/h1,7-8H,3-6H2. The minimum atomic E-state index is -0.506. The van der Waals surface area contributed by atoms with E-state index in [-0.39, 0.29) is 17.3 Å². The van der Waals surface area contributed by atoms with Crippen molar-refractivity contribution in [2.45, 2.75) is 19.4 Å². The first kappa shape index (κ1) is 14.1. The van der Waals surface area contributed by atoms with Gasteiger partial charge in [-0.1, -0.05) is 17.5 Å². The van der Waals surface area contributed by atoms with Crippen LogP contribution in [-0.2, 0) is 13.0 Å². The number of halogens is 2. The highest BCUT2D eigenvalue weighted by Gasteiger charge is 2.15. The molecule has 1 aromatic heterocycles. The lowest BCUT2D eigenvalue weighted by Gasteiger charge is -2.06. The molecule has 1 aromatic carbocycles. The molecule has 21 heavy (non-hydrogen) atoms. The van der Waals surface area contributed by atoms with Crippen LogP contribution in [0.15, 0.2) is 17.1 Å². The molecule has 0 saturated carbocycles. The maximum atomic E-state index is 14.0. The molecule has 108 valence electrons. The third kappa shape index (κ3) is 2.80. The first-order chi connectivity index (χ1) is 10.2. The predicted molar refractivity (Wildman–Crippen MR) is 79.4 cm³/mol. The third-order valence-electron chi connectivity index (χ3n) is 3.09. The summed E-state index contributed by atoms with van der Waals surface area (Å²) in [6.07, 6.45) is 7.12. The lowest BCUT2D eigenvalue weighted by molar-refractivity contribution is 0.370. The third-order valence-corrected chi connectivity index (χ3v) is 4.16. The smallest absolute Gasteiger partial charge is 0.209 e. The van der Waals surface area contributed by atoms with E-state index in [1.165, 1.54) is 23.7 Å². The van der Waals surface area contributed by atoms with Crippen LogP contribution in [0.1, 0.15) is 12.2 Å². The molecule has 2 heterocycles. The summed E-state index contributed by atoms with van der Waals surface area (Å²) in [5.41, 5.74) is 0.164. The van der Waals surface area contributed by atoms with Crippen molar-refractivity contribution in [3.05, 3.63) is 33.6 Å². The highest BCUT2D eigenvalue weighted by molar-refractivity contribution is 7.02. The number of fused-ring (bicyclic) bond motifs is 1. The number of nitrogens with zero attached hydrogens (tertiary/aromatic N) is 3. The number of terminal acetylenes is 1. The number of aryl methyl sites for hydroxylation is 1. The van der Waals surface area contributed by atoms with Gasteiger partial charge < -0.3 is 9.30 Å². The molecule has 0 atom stereocenters. The van der Waals surface area contributed by atoms with Crippen molar-refractivity contribution < 1.29 is 9.13 Å². The van der Waals surface area contributed by atoms with Crippen molar-refractivity contribution in [3.8, 4) is 18.1 Å². The topological polar surface area (TPSA) is 39.4 Å². The van der Waals surface area contributed by atoms with Crippen LogP contribution in [0.3, 0.4) is 0 Å². The maximum Gasteiger partial charge on any atom is 0.209 e. The van der Waals surface area contributed by atoms with E-state index in [4.69, 9.17) is 22.8 Å². The summed E-state index contributed by atoms with van der Waals surface area (Å²) < 4.78 is 25.6. The van der Waals surface area contributed by atoms with E-state index < -0.39 is 5.82 Å². The highest BCUT2D eigenvalue weighted by atomic mass is 35.5. The Kier molecular flexibility index (Phi) is 3.95. The zero-order valence-electron chi connectivity index (χ0n) is 11.0. The van der Waals surface area contributed by atoms with Gasteiger partial charge in [0.1, 0.15) is 23.9 Å². The Morgan fingerprint density at radius 3 is 3.24 bits per heavy atom. The second-order valence-corrected chi connectivity index (χ2v) is 5.61. The average Bonchev–Trinajstić information content (AvgIpc) is 3.05. The zero-order valence-corrected chi connectivity index (χ0v) is 12.5. The van der Waals surface area contributed by atoms with Gasteiger partial charge in [-0.05, 0) is 12.5 Å². The minimum absolute atomic E-state index is 0.0650. The number of hydrogen-bond acceptors (Lipinski definition) is 4. The quantitative estimate of drug-likeness (QED) is 0.815. The van der Waals surface area contributed by atoms with E-state index in [2.05, 4.69) is 15.3 Å². The summed E-state index contributed by atoms with van der Waals surface area (Å²) >= 11 is 7.18. The molecule has 7 heteroatoms. The first-order valence-electron chi connectivity index (χ1n) is 6.34. The van der Waals surface area contributed by atoms with Crippen LogP contribution in [0.5, 0.6) is 5.75 Å². The molecule has 0 aliphatic carbocycles. The van der Waals surface area contributed by atoms with Crippen LogP contribution in [0.25, 0.3) is 0 Å². The van der Waals surface area contributed by atoms with Gasteiger partial charge in [0.15, 0.2) is 5.82 Å². The molecular weight excluding hydrogens is 313 g/mol. The maximum absolute atomic E-state index is 14.0. The van der Waals surface area contributed by atoms with E-state index in [1.54, 1.807) is 0 Å². The Morgan fingerprint density at radius 1 is 1.57 bits per heavy atom. The van der Waals surface area contributed by atoms with Crippen molar-refractivity contribution in [1.82, 2.24) is 8.94 Å². The molecule has 2 aromatic rings. The molecule has 4 nitrogen and oxygen atoms in total. The van der Waals surface area contributed by atoms with Gasteiger partial charge >= 0.3 is 0 Å². The molecule has 0 fully saturated rings. The average molecular weight is 324 g/mol. The Hall–Kier alpha value is -1.84. The molecule has 0 bridgehead atoms. The molecular formula is C14H11ClFN3OS. The van der Waals surface area contributed by atoms with Crippen LogP contribution in [0, 0.1) is 18.2 Å². The molecule has 0 amide bonds. The van der Waals surface area contributed by atoms with Crippen LogP contribution in [0.2, 0.25) is 5.02 Å². The first-order valence-corrected chi connectivity index (χ1v) is 7.49. The number of benzene rings is 1. The number of rotatable bonds is 3. The van der Waals surface area contributed by atoms with E-state index in [9.17, 15) is 4.39 Å². The van der Waals surface area contributed by atoms with Crippen molar-refractivity contribution in [1.29, 1.82) is 0 Å². The fraction of sp³-hybridized carbons (Fsp3) is 0.286. The van der Waals surface area contributed by atoms with Gasteiger partial charge in [0.2, 0.25) is 4.80 Å². The van der Waals surface area contributed by atoms with E-state index >= 15 is 0 Å². The summed E-state index contributed by atoms with van der Waals surface area (Å²) in [7, 11) is 0. The molecule has 0 N–H and O–H groups in total. The van der Waals surface area contributed by atoms with Crippen LogP contribution >= 0.6 is 23.1 Å². The summed E-state index contributed by atoms with van der Waals surface area (Å²) in [6, 6.07) is 2.63. The molecule has 0 radical (unpaired) electrons. The molecule has 0 saturated heterocycles. The van der Waals surface area contributed by atoms with E-state index in [1.807, 2.05) is 4.57 Å². The Labute approximate surface area is 130 Å². The molecule has 0 unspecified atom stereocenters. The summed E-state index contributed by atoms with van der Waals surface area (Å²) in [5, 5.41) is 0.170. The monoisotopic (exact) mass is 323 g/mol. The molecule has 0 spiro atoms. The predicted octanol–water partition coefficient (Wildman–Crippen LogP) is 2.93. The van der Waals surface area contributed by atoms with Crippen molar-refractivity contribution in [3.63, 3.8) is 0 Å². The second kappa shape index (κ2) is 5.88. The van der Waals surface area contributed by atoms with Gasteiger partial charge in [-0.3, -0.25) is 0 Å². The lowest BCUT2D eigenvalue weighted by Crippen LogP contribution is -2.12. The summed E-state index contributed by atoms with van der Waals surface area (Å²) in [5.74, 6) is 3.15. The molecule has 1 aliphatic rings. The molecule has 3 rings (SSSR count). The van der Waals surface area contributed by atoms with Gasteiger partial charge in [0.25, 0.3) is 0 Å². The van der Waals surface area contributed by atoms with Crippen LogP contribution in [0.4, 0.5) is 10.1 Å². The van der Waals surface area contributed by atoms with Gasteiger partial charge in [0, 0.05) is 30.6 Å². The molecule has 1 aliphatic heterocycles. The van der Waals surface area contributed by atoms with Gasteiger partial charge in [0.05, 0.1) is 5.02 Å². The Bertz CT molecular complexity index is 790. The largest absolute Gasteiger partial charge is 0.479 e. The fourth-order valence-electron chi connectivity index (χ4n) is 2.12. The Balaban J connectivity index is 2.04. The number of hydrogen-bond donors (Lipinski definition) is 0. The number of aromatic nitrogens is 2.